The number of aromatic nitrogens is 4. The average molecular weight is 499 g/mol. The average Bonchev–Trinajstić information content (AvgIpc) is 3.53. The summed E-state index contributed by atoms with van der Waals surface area (Å²) in [6, 6.07) is 19.9. The molecule has 8 nitrogen and oxygen atoms in total. The zero-order valence-corrected chi connectivity index (χ0v) is 20.8. The number of methoxy groups -OCH3 is 1. The molecule has 0 unspecified atom stereocenters. The molecule has 4 heterocycles. The minimum Gasteiger partial charge on any atom is -0.497 e. The highest BCUT2D eigenvalue weighted by Gasteiger charge is 2.24. The lowest BCUT2D eigenvalue weighted by Crippen LogP contribution is -2.36. The smallest absolute Gasteiger partial charge is 0.227 e. The second-order valence-electron chi connectivity index (χ2n) is 8.82. The minimum absolute atomic E-state index is 0.180. The Morgan fingerprint density at radius 3 is 2.64 bits per heavy atom. The third kappa shape index (κ3) is 4.15. The van der Waals surface area contributed by atoms with E-state index in [9.17, 15) is 4.79 Å². The van der Waals surface area contributed by atoms with Crippen molar-refractivity contribution in [2.24, 2.45) is 0 Å². The van der Waals surface area contributed by atoms with Crippen molar-refractivity contribution in [1.29, 1.82) is 0 Å². The van der Waals surface area contributed by atoms with Crippen molar-refractivity contribution in [3.63, 3.8) is 0 Å². The Kier molecular flexibility index (Phi) is 5.98. The summed E-state index contributed by atoms with van der Waals surface area (Å²) in [7, 11) is 1.66. The third-order valence-corrected chi connectivity index (χ3v) is 7.49. The van der Waals surface area contributed by atoms with E-state index in [0.29, 0.717) is 19.5 Å². The zero-order valence-electron chi connectivity index (χ0n) is 20.0. The quantitative estimate of drug-likeness (QED) is 0.360. The van der Waals surface area contributed by atoms with Gasteiger partial charge in [-0.05, 0) is 54.3 Å². The van der Waals surface area contributed by atoms with Crippen LogP contribution in [0.3, 0.4) is 0 Å². The van der Waals surface area contributed by atoms with Crippen molar-refractivity contribution in [3.05, 3.63) is 70.9 Å². The molecule has 182 valence electrons. The molecule has 1 aliphatic heterocycles. The summed E-state index contributed by atoms with van der Waals surface area (Å²) in [4.78, 5) is 23.4. The monoisotopic (exact) mass is 498 g/mol. The normalized spacial score (nSPS) is 14.4. The van der Waals surface area contributed by atoms with Crippen molar-refractivity contribution < 1.29 is 9.53 Å². The summed E-state index contributed by atoms with van der Waals surface area (Å²) in [6.07, 6.45) is 1.33. The Bertz CT molecular complexity index is 1510. The molecule has 36 heavy (non-hydrogen) atoms. The molecule has 3 aromatic heterocycles. The van der Waals surface area contributed by atoms with Gasteiger partial charge in [0.1, 0.15) is 5.75 Å². The minimum atomic E-state index is 0.180. The van der Waals surface area contributed by atoms with Crippen molar-refractivity contribution in [2.75, 3.05) is 38.2 Å². The summed E-state index contributed by atoms with van der Waals surface area (Å²) in [5, 5.41) is 12.1. The fourth-order valence-corrected chi connectivity index (χ4v) is 5.44. The Hall–Kier alpha value is -3.98. The van der Waals surface area contributed by atoms with Gasteiger partial charge in [0.15, 0.2) is 11.5 Å². The van der Waals surface area contributed by atoms with Gasteiger partial charge >= 0.3 is 0 Å². The molecule has 5 aromatic rings. The Labute approximate surface area is 212 Å². The van der Waals surface area contributed by atoms with E-state index in [1.54, 1.807) is 18.4 Å². The van der Waals surface area contributed by atoms with Gasteiger partial charge in [0.25, 0.3) is 0 Å². The van der Waals surface area contributed by atoms with Crippen LogP contribution in [0.5, 0.6) is 5.75 Å². The van der Waals surface area contributed by atoms with E-state index < -0.39 is 0 Å². The molecule has 1 fully saturated rings. The van der Waals surface area contributed by atoms with Gasteiger partial charge in [0, 0.05) is 42.0 Å². The Morgan fingerprint density at radius 2 is 1.83 bits per heavy atom. The molecule has 9 heteroatoms. The van der Waals surface area contributed by atoms with Gasteiger partial charge in [0.05, 0.1) is 19.0 Å². The predicted molar refractivity (Wildman–Crippen MR) is 142 cm³/mol. The number of rotatable bonds is 5. The highest BCUT2D eigenvalue weighted by Crippen LogP contribution is 2.29. The summed E-state index contributed by atoms with van der Waals surface area (Å²) >= 11 is 1.63. The molecule has 1 saturated heterocycles. The van der Waals surface area contributed by atoms with Crippen LogP contribution in [0.15, 0.2) is 66.0 Å². The molecule has 0 spiro atoms. The van der Waals surface area contributed by atoms with Crippen LogP contribution in [-0.2, 0) is 11.2 Å². The number of thiophene rings is 1. The fourth-order valence-electron chi connectivity index (χ4n) is 4.75. The lowest BCUT2D eigenvalue weighted by atomic mass is 10.2. The van der Waals surface area contributed by atoms with Crippen molar-refractivity contribution in [2.45, 2.75) is 12.8 Å². The van der Waals surface area contributed by atoms with Crippen LogP contribution in [0, 0.1) is 0 Å². The second-order valence-corrected chi connectivity index (χ2v) is 9.85. The van der Waals surface area contributed by atoms with Crippen molar-refractivity contribution in [3.8, 4) is 17.1 Å². The first-order valence-corrected chi connectivity index (χ1v) is 12.9. The van der Waals surface area contributed by atoms with Crippen LogP contribution in [0.1, 0.15) is 11.3 Å². The maximum Gasteiger partial charge on any atom is 0.227 e. The molecule has 0 bridgehead atoms. The first-order valence-electron chi connectivity index (χ1n) is 12.0. The van der Waals surface area contributed by atoms with Gasteiger partial charge in [-0.1, -0.05) is 18.2 Å². The maximum atomic E-state index is 13.0. The second kappa shape index (κ2) is 9.58. The van der Waals surface area contributed by atoms with Gasteiger partial charge in [-0.2, -0.15) is 0 Å². The summed E-state index contributed by atoms with van der Waals surface area (Å²) in [5.74, 6) is 2.50. The molecule has 0 atom stereocenters. The zero-order chi connectivity index (χ0) is 24.5. The SMILES string of the molecule is COc1ccc(-c2nnc3c4ccccc4nc(N4CCCN(C(=O)Cc5cccs5)CC4)n23)cc1. The van der Waals surface area contributed by atoms with Gasteiger partial charge in [-0.15, -0.1) is 21.5 Å². The molecular formula is C27H26N6O2S. The number of hydrogen-bond acceptors (Lipinski definition) is 7. The van der Waals surface area contributed by atoms with Gasteiger partial charge < -0.3 is 14.5 Å². The predicted octanol–water partition coefficient (Wildman–Crippen LogP) is 4.30. The first kappa shape index (κ1) is 22.5. The van der Waals surface area contributed by atoms with Crippen LogP contribution in [-0.4, -0.2) is 63.7 Å². The number of anilines is 1. The number of carbonyl (C=O) groups excluding carboxylic acids is 1. The highest BCUT2D eigenvalue weighted by molar-refractivity contribution is 7.10. The number of amides is 1. The van der Waals surface area contributed by atoms with Gasteiger partial charge in [0.2, 0.25) is 11.9 Å². The fraction of sp³-hybridized carbons (Fsp3) is 0.259. The number of ether oxygens (including phenoxy) is 1. The van der Waals surface area contributed by atoms with E-state index in [1.165, 1.54) is 0 Å². The van der Waals surface area contributed by atoms with Crippen LogP contribution in [0.4, 0.5) is 5.95 Å². The number of hydrogen-bond donors (Lipinski definition) is 0. The van der Waals surface area contributed by atoms with Gasteiger partial charge in [-0.25, -0.2) is 9.38 Å². The topological polar surface area (TPSA) is 75.9 Å². The number of carbonyl (C=O) groups is 1. The van der Waals surface area contributed by atoms with E-state index in [2.05, 4.69) is 15.1 Å². The van der Waals surface area contributed by atoms with E-state index in [-0.39, 0.29) is 5.91 Å². The largest absolute Gasteiger partial charge is 0.497 e. The van der Waals surface area contributed by atoms with E-state index >= 15 is 0 Å². The van der Waals surface area contributed by atoms with Crippen LogP contribution in [0.25, 0.3) is 27.9 Å². The highest BCUT2D eigenvalue weighted by atomic mass is 32.1. The van der Waals surface area contributed by atoms with E-state index in [1.807, 2.05) is 75.3 Å². The van der Waals surface area contributed by atoms with E-state index in [4.69, 9.17) is 9.72 Å². The Balaban J connectivity index is 1.37. The Morgan fingerprint density at radius 1 is 0.972 bits per heavy atom. The van der Waals surface area contributed by atoms with Crippen LogP contribution >= 0.6 is 11.3 Å². The van der Waals surface area contributed by atoms with E-state index in [0.717, 1.165) is 64.0 Å². The van der Waals surface area contributed by atoms with Crippen molar-refractivity contribution in [1.82, 2.24) is 24.5 Å². The lowest BCUT2D eigenvalue weighted by molar-refractivity contribution is -0.130. The molecule has 0 saturated carbocycles. The molecule has 6 rings (SSSR count). The lowest BCUT2D eigenvalue weighted by Gasteiger charge is -2.24. The number of benzene rings is 2. The molecule has 0 radical (unpaired) electrons. The molecule has 1 aliphatic rings. The molecule has 0 aliphatic carbocycles. The molecular weight excluding hydrogens is 472 g/mol. The first-order chi connectivity index (χ1) is 17.7. The third-order valence-electron chi connectivity index (χ3n) is 6.61. The number of fused-ring (bicyclic) bond motifs is 3. The summed E-state index contributed by atoms with van der Waals surface area (Å²) in [6.45, 7) is 2.88. The maximum absolute atomic E-state index is 13.0. The van der Waals surface area contributed by atoms with Crippen LogP contribution in [0.2, 0.25) is 0 Å². The summed E-state index contributed by atoms with van der Waals surface area (Å²) < 4.78 is 7.38. The summed E-state index contributed by atoms with van der Waals surface area (Å²) in [5.41, 5.74) is 2.59. The van der Waals surface area contributed by atoms with Gasteiger partial charge in [-0.3, -0.25) is 4.79 Å². The molecule has 1 amide bonds. The molecule has 0 N–H and O–H groups in total. The number of para-hydroxylation sites is 1. The standard InChI is InChI=1S/C27H26N6O2S/c1-35-20-11-9-19(10-12-20)25-29-30-26-22-7-2-3-8-23(22)28-27(33(25)26)32-14-5-13-31(15-16-32)24(34)18-21-6-4-17-36-21/h2-4,6-12,17H,5,13-16,18H2,1H3. The molecule has 2 aromatic carbocycles. The van der Waals surface area contributed by atoms with Crippen LogP contribution < -0.4 is 9.64 Å². The number of nitrogens with zero attached hydrogens (tertiary/aromatic N) is 6. The van der Waals surface area contributed by atoms with Crippen molar-refractivity contribution >= 4 is 39.7 Å².